The summed E-state index contributed by atoms with van der Waals surface area (Å²) in [4.78, 5) is 0. The number of rotatable bonds is 3. The minimum atomic E-state index is -0.227. The van der Waals surface area contributed by atoms with Gasteiger partial charge in [-0.3, -0.25) is 0 Å². The summed E-state index contributed by atoms with van der Waals surface area (Å²) < 4.78 is 5.08. The van der Waals surface area contributed by atoms with Gasteiger partial charge in [0.05, 0.1) is 18.7 Å². The number of nitrogens with two attached hydrogens (primary N) is 1. The summed E-state index contributed by atoms with van der Waals surface area (Å²) in [6, 6.07) is 5.04. The standard InChI is InChI=1S/C14H18N2O2/c1-18-12-7-9(8-15)6-11(14(12)17)13(16)10-4-2-3-5-10/h6-7,10,13,17H,2-5,16H2,1H3/t13-/m1/s1. The van der Waals surface area contributed by atoms with Crippen molar-refractivity contribution in [2.75, 3.05) is 7.11 Å². The van der Waals surface area contributed by atoms with Gasteiger partial charge in [-0.2, -0.15) is 5.26 Å². The normalized spacial score (nSPS) is 17.4. The van der Waals surface area contributed by atoms with E-state index in [1.165, 1.54) is 26.0 Å². The number of methoxy groups -OCH3 is 1. The van der Waals surface area contributed by atoms with Gasteiger partial charge >= 0.3 is 0 Å². The molecular formula is C14H18N2O2. The molecule has 0 spiro atoms. The second-order valence-electron chi connectivity index (χ2n) is 4.80. The van der Waals surface area contributed by atoms with Crippen LogP contribution < -0.4 is 10.5 Å². The summed E-state index contributed by atoms with van der Waals surface area (Å²) in [7, 11) is 1.47. The molecule has 1 aliphatic rings. The van der Waals surface area contributed by atoms with Gasteiger partial charge < -0.3 is 15.6 Å². The topological polar surface area (TPSA) is 79.3 Å². The molecule has 0 amide bonds. The van der Waals surface area contributed by atoms with Crippen molar-refractivity contribution in [3.8, 4) is 17.6 Å². The highest BCUT2D eigenvalue weighted by Gasteiger charge is 2.26. The molecule has 1 fully saturated rings. The predicted octanol–water partition coefficient (Wildman–Crippen LogP) is 2.46. The highest BCUT2D eigenvalue weighted by atomic mass is 16.5. The third-order valence-electron chi connectivity index (χ3n) is 3.72. The molecule has 96 valence electrons. The Morgan fingerprint density at radius 3 is 2.67 bits per heavy atom. The Morgan fingerprint density at radius 1 is 1.44 bits per heavy atom. The smallest absolute Gasteiger partial charge is 0.162 e. The van der Waals surface area contributed by atoms with Gasteiger partial charge in [-0.15, -0.1) is 0 Å². The second kappa shape index (κ2) is 5.28. The van der Waals surface area contributed by atoms with Crippen LogP contribution in [0.25, 0.3) is 0 Å². The Bertz CT molecular complexity index is 473. The summed E-state index contributed by atoms with van der Waals surface area (Å²) in [5.41, 5.74) is 7.31. The summed E-state index contributed by atoms with van der Waals surface area (Å²) in [6.07, 6.45) is 4.54. The molecule has 1 aliphatic carbocycles. The number of phenols is 1. The molecule has 2 rings (SSSR count). The first-order valence-electron chi connectivity index (χ1n) is 6.24. The lowest BCUT2D eigenvalue weighted by atomic mass is 9.91. The number of hydrogen-bond acceptors (Lipinski definition) is 4. The van der Waals surface area contributed by atoms with Gasteiger partial charge in [-0.25, -0.2) is 0 Å². The SMILES string of the molecule is COc1cc(C#N)cc([C@H](N)C2CCCC2)c1O. The van der Waals surface area contributed by atoms with Crippen LogP contribution in [0, 0.1) is 17.2 Å². The third kappa shape index (κ3) is 2.27. The van der Waals surface area contributed by atoms with Crippen molar-refractivity contribution in [1.82, 2.24) is 0 Å². The average molecular weight is 246 g/mol. The Hall–Kier alpha value is -1.73. The lowest BCUT2D eigenvalue weighted by molar-refractivity contribution is 0.359. The average Bonchev–Trinajstić information content (AvgIpc) is 2.92. The van der Waals surface area contributed by atoms with E-state index in [9.17, 15) is 5.11 Å². The molecule has 0 heterocycles. The molecular weight excluding hydrogens is 228 g/mol. The molecule has 1 aromatic rings. The number of benzene rings is 1. The highest BCUT2D eigenvalue weighted by molar-refractivity contribution is 5.53. The Labute approximate surface area is 107 Å². The Morgan fingerprint density at radius 2 is 2.11 bits per heavy atom. The van der Waals surface area contributed by atoms with E-state index in [0.717, 1.165) is 12.8 Å². The zero-order valence-electron chi connectivity index (χ0n) is 10.5. The van der Waals surface area contributed by atoms with E-state index in [0.29, 0.717) is 22.8 Å². The van der Waals surface area contributed by atoms with Gasteiger partial charge in [-0.05, 0) is 24.8 Å². The van der Waals surface area contributed by atoms with Gasteiger partial charge in [0.15, 0.2) is 11.5 Å². The molecule has 4 heteroatoms. The van der Waals surface area contributed by atoms with Crippen LogP contribution >= 0.6 is 0 Å². The molecule has 0 saturated heterocycles. The predicted molar refractivity (Wildman–Crippen MR) is 68.3 cm³/mol. The largest absolute Gasteiger partial charge is 0.504 e. The highest BCUT2D eigenvalue weighted by Crippen LogP contribution is 2.41. The Kier molecular flexibility index (Phi) is 3.73. The molecule has 0 aliphatic heterocycles. The third-order valence-corrected chi connectivity index (χ3v) is 3.72. The number of phenolic OH excluding ortho intramolecular Hbond substituents is 1. The molecule has 4 nitrogen and oxygen atoms in total. The van der Waals surface area contributed by atoms with Crippen LogP contribution in [0.4, 0.5) is 0 Å². The van der Waals surface area contributed by atoms with Gasteiger partial charge in [0.1, 0.15) is 0 Å². The van der Waals surface area contributed by atoms with Crippen LogP contribution in [0.15, 0.2) is 12.1 Å². The maximum absolute atomic E-state index is 10.1. The molecule has 1 atom stereocenters. The molecule has 0 aromatic heterocycles. The summed E-state index contributed by atoms with van der Waals surface area (Å²) in [6.45, 7) is 0. The van der Waals surface area contributed by atoms with Crippen LogP contribution in [0.3, 0.4) is 0 Å². The fourth-order valence-corrected chi connectivity index (χ4v) is 2.67. The van der Waals surface area contributed by atoms with E-state index in [1.54, 1.807) is 6.07 Å². The van der Waals surface area contributed by atoms with Crippen molar-refractivity contribution in [3.63, 3.8) is 0 Å². The summed E-state index contributed by atoms with van der Waals surface area (Å²) in [5, 5.41) is 19.1. The zero-order valence-corrected chi connectivity index (χ0v) is 10.5. The monoisotopic (exact) mass is 246 g/mol. The lowest BCUT2D eigenvalue weighted by Gasteiger charge is -2.21. The summed E-state index contributed by atoms with van der Waals surface area (Å²) in [5.74, 6) is 0.767. The first-order valence-corrected chi connectivity index (χ1v) is 6.24. The quantitative estimate of drug-likeness (QED) is 0.858. The van der Waals surface area contributed by atoms with Crippen LogP contribution in [0.2, 0.25) is 0 Å². The van der Waals surface area contributed by atoms with E-state index >= 15 is 0 Å². The van der Waals surface area contributed by atoms with Crippen LogP contribution in [0.5, 0.6) is 11.5 Å². The van der Waals surface area contributed by atoms with Gasteiger partial charge in [0, 0.05) is 17.7 Å². The number of aromatic hydroxyl groups is 1. The molecule has 3 N–H and O–H groups in total. The molecule has 1 aromatic carbocycles. The summed E-state index contributed by atoms with van der Waals surface area (Å²) >= 11 is 0. The van der Waals surface area contributed by atoms with Crippen LogP contribution in [-0.2, 0) is 0 Å². The maximum Gasteiger partial charge on any atom is 0.162 e. The minimum Gasteiger partial charge on any atom is -0.504 e. The number of nitrogens with zero attached hydrogens (tertiary/aromatic N) is 1. The minimum absolute atomic E-state index is 0.0656. The molecule has 0 radical (unpaired) electrons. The van der Waals surface area contributed by atoms with Crippen molar-refractivity contribution in [3.05, 3.63) is 23.3 Å². The van der Waals surface area contributed by atoms with E-state index in [4.69, 9.17) is 15.7 Å². The number of nitriles is 1. The van der Waals surface area contributed by atoms with Crippen molar-refractivity contribution in [2.24, 2.45) is 11.7 Å². The first-order chi connectivity index (χ1) is 8.67. The number of hydrogen-bond donors (Lipinski definition) is 2. The van der Waals surface area contributed by atoms with Gasteiger partial charge in [0.25, 0.3) is 0 Å². The van der Waals surface area contributed by atoms with Crippen molar-refractivity contribution in [1.29, 1.82) is 5.26 Å². The fourth-order valence-electron chi connectivity index (χ4n) is 2.67. The molecule has 1 saturated carbocycles. The molecule has 0 unspecified atom stereocenters. The zero-order chi connectivity index (χ0) is 13.1. The molecule has 0 bridgehead atoms. The van der Waals surface area contributed by atoms with Crippen molar-refractivity contribution in [2.45, 2.75) is 31.7 Å². The first kappa shape index (κ1) is 12.7. The molecule has 18 heavy (non-hydrogen) atoms. The van der Waals surface area contributed by atoms with E-state index in [-0.39, 0.29) is 11.8 Å². The lowest BCUT2D eigenvalue weighted by Crippen LogP contribution is -2.19. The maximum atomic E-state index is 10.1. The fraction of sp³-hybridized carbons (Fsp3) is 0.500. The van der Waals surface area contributed by atoms with Crippen LogP contribution in [0.1, 0.15) is 42.9 Å². The van der Waals surface area contributed by atoms with Gasteiger partial charge in [0.2, 0.25) is 0 Å². The van der Waals surface area contributed by atoms with Crippen molar-refractivity contribution < 1.29 is 9.84 Å². The number of ether oxygens (including phenoxy) is 1. The Balaban J connectivity index is 2.39. The van der Waals surface area contributed by atoms with Gasteiger partial charge in [-0.1, -0.05) is 12.8 Å². The van der Waals surface area contributed by atoms with E-state index in [2.05, 4.69) is 6.07 Å². The van der Waals surface area contributed by atoms with Crippen LogP contribution in [-0.4, -0.2) is 12.2 Å². The van der Waals surface area contributed by atoms with E-state index < -0.39 is 0 Å². The van der Waals surface area contributed by atoms with E-state index in [1.807, 2.05) is 0 Å². The van der Waals surface area contributed by atoms with Crippen molar-refractivity contribution >= 4 is 0 Å². The second-order valence-corrected chi connectivity index (χ2v) is 4.80.